The number of aryl methyl sites for hydroxylation is 1. The molecule has 1 atom stereocenters. The Bertz CT molecular complexity index is 314. The van der Waals surface area contributed by atoms with Crippen LogP contribution in [0.1, 0.15) is 38.8 Å². The molecule has 2 heterocycles. The van der Waals surface area contributed by atoms with Crippen molar-refractivity contribution in [1.82, 2.24) is 14.8 Å². The van der Waals surface area contributed by atoms with E-state index in [-0.39, 0.29) is 0 Å². The summed E-state index contributed by atoms with van der Waals surface area (Å²) in [6, 6.07) is 0. The van der Waals surface area contributed by atoms with Crippen LogP contribution in [-0.4, -0.2) is 14.8 Å². The van der Waals surface area contributed by atoms with Gasteiger partial charge < -0.3 is 0 Å². The Hall–Kier alpha value is -0.860. The molecule has 0 amide bonds. The highest BCUT2D eigenvalue weighted by molar-refractivity contribution is 4.97. The molecule has 78 valence electrons. The van der Waals surface area contributed by atoms with Crippen molar-refractivity contribution in [2.75, 3.05) is 0 Å². The molecule has 0 saturated carbocycles. The van der Waals surface area contributed by atoms with E-state index in [1.54, 1.807) is 0 Å². The van der Waals surface area contributed by atoms with Crippen molar-refractivity contribution in [2.45, 2.75) is 46.6 Å². The van der Waals surface area contributed by atoms with Gasteiger partial charge in [0.05, 0.1) is 0 Å². The summed E-state index contributed by atoms with van der Waals surface area (Å²) in [6.07, 6.45) is 3.38. The predicted octanol–water partition coefficient (Wildman–Crippen LogP) is 2.06. The largest absolute Gasteiger partial charge is 0.250 e. The molecule has 0 fully saturated rings. The summed E-state index contributed by atoms with van der Waals surface area (Å²) < 4.78 is 2.10. The third-order valence-electron chi connectivity index (χ3n) is 2.73. The van der Waals surface area contributed by atoms with E-state index in [1.807, 2.05) is 0 Å². The number of fused-ring (bicyclic) bond motifs is 1. The van der Waals surface area contributed by atoms with E-state index in [2.05, 4.69) is 35.5 Å². The summed E-state index contributed by atoms with van der Waals surface area (Å²) in [4.78, 5) is 4.58. The molecule has 1 aromatic rings. The SMILES string of the molecule is CC(C)Cc1nc2n(n1)CC(C)CC2. The van der Waals surface area contributed by atoms with Gasteiger partial charge in [-0.2, -0.15) is 5.10 Å². The average Bonchev–Trinajstić information content (AvgIpc) is 2.44. The topological polar surface area (TPSA) is 30.7 Å². The predicted molar refractivity (Wildman–Crippen MR) is 56.0 cm³/mol. The lowest BCUT2D eigenvalue weighted by atomic mass is 10.0. The molecule has 14 heavy (non-hydrogen) atoms. The van der Waals surface area contributed by atoms with E-state index in [0.717, 1.165) is 31.1 Å². The molecular formula is C11H19N3. The fourth-order valence-corrected chi connectivity index (χ4v) is 1.97. The summed E-state index contributed by atoms with van der Waals surface area (Å²) >= 11 is 0. The molecular weight excluding hydrogens is 174 g/mol. The van der Waals surface area contributed by atoms with Crippen LogP contribution < -0.4 is 0 Å². The Morgan fingerprint density at radius 1 is 1.50 bits per heavy atom. The lowest BCUT2D eigenvalue weighted by molar-refractivity contribution is 0.367. The molecule has 0 bridgehead atoms. The van der Waals surface area contributed by atoms with Gasteiger partial charge in [-0.05, 0) is 18.3 Å². The monoisotopic (exact) mass is 193 g/mol. The van der Waals surface area contributed by atoms with E-state index in [9.17, 15) is 0 Å². The first-order valence-electron chi connectivity index (χ1n) is 5.57. The zero-order chi connectivity index (χ0) is 10.1. The van der Waals surface area contributed by atoms with E-state index >= 15 is 0 Å². The number of hydrogen-bond acceptors (Lipinski definition) is 2. The molecule has 1 aliphatic rings. The molecule has 0 aliphatic carbocycles. The first kappa shape index (κ1) is 9.69. The second-order valence-corrected chi connectivity index (χ2v) is 4.87. The molecule has 1 aromatic heterocycles. The summed E-state index contributed by atoms with van der Waals surface area (Å²) in [6.45, 7) is 7.76. The minimum absolute atomic E-state index is 0.650. The highest BCUT2D eigenvalue weighted by Gasteiger charge is 2.18. The summed E-state index contributed by atoms with van der Waals surface area (Å²) in [5.74, 6) is 3.64. The summed E-state index contributed by atoms with van der Waals surface area (Å²) in [5.41, 5.74) is 0. The average molecular weight is 193 g/mol. The number of hydrogen-bond donors (Lipinski definition) is 0. The molecule has 0 N–H and O–H groups in total. The van der Waals surface area contributed by atoms with Crippen LogP contribution in [0.2, 0.25) is 0 Å². The van der Waals surface area contributed by atoms with Crippen LogP contribution in [0.3, 0.4) is 0 Å². The fraction of sp³-hybridized carbons (Fsp3) is 0.818. The van der Waals surface area contributed by atoms with Crippen LogP contribution in [0, 0.1) is 11.8 Å². The molecule has 3 nitrogen and oxygen atoms in total. The third-order valence-corrected chi connectivity index (χ3v) is 2.73. The van der Waals surface area contributed by atoms with Crippen LogP contribution in [0.25, 0.3) is 0 Å². The highest BCUT2D eigenvalue weighted by atomic mass is 15.4. The lowest BCUT2D eigenvalue weighted by Gasteiger charge is -2.17. The van der Waals surface area contributed by atoms with Crippen LogP contribution >= 0.6 is 0 Å². The zero-order valence-corrected chi connectivity index (χ0v) is 9.32. The maximum Gasteiger partial charge on any atom is 0.151 e. The lowest BCUT2D eigenvalue weighted by Crippen LogP contribution is -2.18. The minimum atomic E-state index is 0.650. The van der Waals surface area contributed by atoms with Crippen molar-refractivity contribution in [1.29, 1.82) is 0 Å². The molecule has 0 radical (unpaired) electrons. The minimum Gasteiger partial charge on any atom is -0.250 e. The molecule has 0 aromatic carbocycles. The van der Waals surface area contributed by atoms with Gasteiger partial charge >= 0.3 is 0 Å². The first-order chi connectivity index (χ1) is 6.65. The third kappa shape index (κ3) is 1.97. The zero-order valence-electron chi connectivity index (χ0n) is 9.32. The van der Waals surface area contributed by atoms with E-state index < -0.39 is 0 Å². The van der Waals surface area contributed by atoms with Gasteiger partial charge in [0, 0.05) is 19.4 Å². The van der Waals surface area contributed by atoms with Crippen molar-refractivity contribution < 1.29 is 0 Å². The first-order valence-corrected chi connectivity index (χ1v) is 5.57. The molecule has 1 unspecified atom stereocenters. The fourth-order valence-electron chi connectivity index (χ4n) is 1.97. The van der Waals surface area contributed by atoms with Crippen molar-refractivity contribution in [3.8, 4) is 0 Å². The van der Waals surface area contributed by atoms with Crippen molar-refractivity contribution >= 4 is 0 Å². The molecule has 3 heteroatoms. The Morgan fingerprint density at radius 2 is 2.29 bits per heavy atom. The van der Waals surface area contributed by atoms with Gasteiger partial charge in [-0.3, -0.25) is 0 Å². The Labute approximate surface area is 85.5 Å². The molecule has 2 rings (SSSR count). The molecule has 0 saturated heterocycles. The van der Waals surface area contributed by atoms with Crippen LogP contribution in [0.15, 0.2) is 0 Å². The summed E-state index contributed by atoms with van der Waals surface area (Å²) in [7, 11) is 0. The van der Waals surface area contributed by atoms with Gasteiger partial charge in [0.1, 0.15) is 5.82 Å². The molecule has 1 aliphatic heterocycles. The van der Waals surface area contributed by atoms with Crippen molar-refractivity contribution in [3.63, 3.8) is 0 Å². The van der Waals surface area contributed by atoms with Crippen molar-refractivity contribution in [3.05, 3.63) is 11.6 Å². The van der Waals surface area contributed by atoms with E-state index in [1.165, 1.54) is 12.2 Å². The standard InChI is InChI=1S/C11H19N3/c1-8(2)6-10-12-11-5-4-9(3)7-14(11)13-10/h8-9H,4-7H2,1-3H3. The highest BCUT2D eigenvalue weighted by Crippen LogP contribution is 2.18. The van der Waals surface area contributed by atoms with Gasteiger partial charge in [0.15, 0.2) is 5.82 Å². The smallest absolute Gasteiger partial charge is 0.151 e. The second kappa shape index (κ2) is 3.71. The van der Waals surface area contributed by atoms with Crippen molar-refractivity contribution in [2.24, 2.45) is 11.8 Å². The van der Waals surface area contributed by atoms with Crippen LogP contribution in [0.4, 0.5) is 0 Å². The van der Waals surface area contributed by atoms with Gasteiger partial charge in [0.2, 0.25) is 0 Å². The van der Waals surface area contributed by atoms with Gasteiger partial charge in [-0.15, -0.1) is 0 Å². The van der Waals surface area contributed by atoms with E-state index in [4.69, 9.17) is 0 Å². The molecule has 0 spiro atoms. The van der Waals surface area contributed by atoms with Gasteiger partial charge in [0.25, 0.3) is 0 Å². The maximum atomic E-state index is 4.58. The van der Waals surface area contributed by atoms with E-state index in [0.29, 0.717) is 5.92 Å². The maximum absolute atomic E-state index is 4.58. The second-order valence-electron chi connectivity index (χ2n) is 4.87. The Kier molecular flexibility index (Phi) is 2.57. The Balaban J connectivity index is 2.15. The number of aromatic nitrogens is 3. The van der Waals surface area contributed by atoms with Crippen LogP contribution in [0.5, 0.6) is 0 Å². The summed E-state index contributed by atoms with van der Waals surface area (Å²) in [5, 5.41) is 4.55. The Morgan fingerprint density at radius 3 is 3.00 bits per heavy atom. The van der Waals surface area contributed by atoms with Gasteiger partial charge in [-0.1, -0.05) is 20.8 Å². The normalized spacial score (nSPS) is 21.3. The number of nitrogens with zero attached hydrogens (tertiary/aromatic N) is 3. The number of rotatable bonds is 2. The quantitative estimate of drug-likeness (QED) is 0.719. The van der Waals surface area contributed by atoms with Gasteiger partial charge in [-0.25, -0.2) is 9.67 Å². The van der Waals surface area contributed by atoms with Crippen LogP contribution in [-0.2, 0) is 19.4 Å².